The molecule has 1 saturated heterocycles. The largest absolute Gasteiger partial charge is 0.466 e. The molecule has 1 aromatic rings. The summed E-state index contributed by atoms with van der Waals surface area (Å²) in [4.78, 5) is 27.8. The standard InChI is InChI=1S/C22H35N3O3/c1-4-28-21(26)11-13-23-22(27)24(3)16-19-9-7-14-25(17-19)15-12-20-10-6-5-8-18(20)2/h5-6,8,10,19H,4,7,9,11-17H2,1-3H3,(H,23,27)/t19-/m0/s1. The number of rotatable bonds is 9. The van der Waals surface area contributed by atoms with Gasteiger partial charge in [-0.25, -0.2) is 4.79 Å². The van der Waals surface area contributed by atoms with Crippen LogP contribution in [-0.2, 0) is 16.0 Å². The van der Waals surface area contributed by atoms with E-state index in [1.54, 1.807) is 11.8 Å². The van der Waals surface area contributed by atoms with Gasteiger partial charge in [-0.1, -0.05) is 24.3 Å². The third-order valence-electron chi connectivity index (χ3n) is 5.35. The molecule has 0 bridgehead atoms. The van der Waals surface area contributed by atoms with Crippen LogP contribution in [0.15, 0.2) is 24.3 Å². The SMILES string of the molecule is CCOC(=O)CCNC(=O)N(C)C[C@@H]1CCCN(CCc2ccccc2C)C1. The molecule has 1 aliphatic heterocycles. The summed E-state index contributed by atoms with van der Waals surface area (Å²) < 4.78 is 4.87. The van der Waals surface area contributed by atoms with Crippen molar-refractivity contribution in [2.24, 2.45) is 5.92 Å². The van der Waals surface area contributed by atoms with Crippen LogP contribution in [0.25, 0.3) is 0 Å². The molecule has 6 heteroatoms. The fourth-order valence-corrected chi connectivity index (χ4v) is 3.78. The third-order valence-corrected chi connectivity index (χ3v) is 5.35. The van der Waals surface area contributed by atoms with Crippen molar-refractivity contribution in [2.45, 2.75) is 39.5 Å². The van der Waals surface area contributed by atoms with E-state index in [1.807, 2.05) is 7.05 Å². The molecule has 1 atom stereocenters. The molecule has 2 rings (SSSR count). The smallest absolute Gasteiger partial charge is 0.317 e. The third kappa shape index (κ3) is 7.50. The minimum absolute atomic E-state index is 0.124. The summed E-state index contributed by atoms with van der Waals surface area (Å²) in [6.45, 7) is 8.61. The second kappa shape index (κ2) is 11.7. The van der Waals surface area contributed by atoms with E-state index in [0.29, 0.717) is 19.1 Å². The van der Waals surface area contributed by atoms with E-state index in [2.05, 4.69) is 41.4 Å². The topological polar surface area (TPSA) is 61.9 Å². The van der Waals surface area contributed by atoms with Crippen LogP contribution in [-0.4, -0.2) is 68.2 Å². The molecule has 1 aliphatic rings. The zero-order valence-electron chi connectivity index (χ0n) is 17.6. The van der Waals surface area contributed by atoms with Crippen LogP contribution in [0.4, 0.5) is 4.79 Å². The number of carbonyl (C=O) groups is 2. The van der Waals surface area contributed by atoms with Gasteiger partial charge in [-0.05, 0) is 56.7 Å². The minimum atomic E-state index is -0.276. The molecule has 0 aliphatic carbocycles. The molecular formula is C22H35N3O3. The zero-order chi connectivity index (χ0) is 20.4. The molecule has 0 radical (unpaired) electrons. The van der Waals surface area contributed by atoms with Gasteiger partial charge in [0.15, 0.2) is 0 Å². The average molecular weight is 390 g/mol. The molecule has 28 heavy (non-hydrogen) atoms. The number of piperidine rings is 1. The van der Waals surface area contributed by atoms with Gasteiger partial charge in [0, 0.05) is 33.2 Å². The lowest BCUT2D eigenvalue weighted by atomic mass is 9.97. The summed E-state index contributed by atoms with van der Waals surface area (Å²) in [6, 6.07) is 8.45. The predicted octanol–water partition coefficient (Wildman–Crippen LogP) is 2.84. The number of esters is 1. The highest BCUT2D eigenvalue weighted by atomic mass is 16.5. The van der Waals surface area contributed by atoms with Crippen LogP contribution < -0.4 is 5.32 Å². The van der Waals surface area contributed by atoms with E-state index in [0.717, 1.165) is 39.0 Å². The number of hydrogen-bond donors (Lipinski definition) is 1. The first-order valence-electron chi connectivity index (χ1n) is 10.4. The average Bonchev–Trinajstić information content (AvgIpc) is 2.68. The Morgan fingerprint density at radius 3 is 2.86 bits per heavy atom. The summed E-state index contributed by atoms with van der Waals surface area (Å²) in [5.41, 5.74) is 2.78. The van der Waals surface area contributed by atoms with Gasteiger partial charge < -0.3 is 19.9 Å². The summed E-state index contributed by atoms with van der Waals surface area (Å²) in [6.07, 6.45) is 3.62. The number of nitrogens with one attached hydrogen (secondary N) is 1. The quantitative estimate of drug-likeness (QED) is 0.660. The highest BCUT2D eigenvalue weighted by Gasteiger charge is 2.22. The van der Waals surface area contributed by atoms with Crippen molar-refractivity contribution in [2.75, 3.05) is 46.4 Å². The first-order chi connectivity index (χ1) is 13.5. The van der Waals surface area contributed by atoms with Crippen LogP contribution in [0.5, 0.6) is 0 Å². The van der Waals surface area contributed by atoms with Crippen molar-refractivity contribution in [1.82, 2.24) is 15.1 Å². The van der Waals surface area contributed by atoms with Crippen molar-refractivity contribution >= 4 is 12.0 Å². The lowest BCUT2D eigenvalue weighted by Crippen LogP contribution is -2.45. The van der Waals surface area contributed by atoms with Gasteiger partial charge in [0.25, 0.3) is 0 Å². The van der Waals surface area contributed by atoms with E-state index in [-0.39, 0.29) is 18.4 Å². The monoisotopic (exact) mass is 389 g/mol. The molecule has 1 heterocycles. The van der Waals surface area contributed by atoms with Crippen LogP contribution in [0.3, 0.4) is 0 Å². The Morgan fingerprint density at radius 2 is 2.11 bits per heavy atom. The van der Waals surface area contributed by atoms with E-state index in [9.17, 15) is 9.59 Å². The van der Waals surface area contributed by atoms with E-state index in [1.165, 1.54) is 17.5 Å². The number of amides is 2. The lowest BCUT2D eigenvalue weighted by Gasteiger charge is -2.34. The molecule has 1 fully saturated rings. The number of nitrogens with zero attached hydrogens (tertiary/aromatic N) is 2. The second-order valence-corrected chi connectivity index (χ2v) is 7.65. The molecule has 1 aromatic carbocycles. The maximum Gasteiger partial charge on any atom is 0.317 e. The summed E-state index contributed by atoms with van der Waals surface area (Å²) in [7, 11) is 1.83. The van der Waals surface area contributed by atoms with E-state index >= 15 is 0 Å². The number of aryl methyl sites for hydroxylation is 1. The summed E-state index contributed by atoms with van der Waals surface area (Å²) >= 11 is 0. The number of benzene rings is 1. The van der Waals surface area contributed by atoms with Gasteiger partial charge in [0.05, 0.1) is 13.0 Å². The Hall–Kier alpha value is -2.08. The maximum absolute atomic E-state index is 12.2. The fourth-order valence-electron chi connectivity index (χ4n) is 3.78. The van der Waals surface area contributed by atoms with Crippen LogP contribution in [0, 0.1) is 12.8 Å². The van der Waals surface area contributed by atoms with Gasteiger partial charge in [-0.2, -0.15) is 0 Å². The highest BCUT2D eigenvalue weighted by Crippen LogP contribution is 2.18. The summed E-state index contributed by atoms with van der Waals surface area (Å²) in [5, 5.41) is 2.80. The van der Waals surface area contributed by atoms with Gasteiger partial charge in [-0.15, -0.1) is 0 Å². The van der Waals surface area contributed by atoms with Crippen molar-refractivity contribution in [1.29, 1.82) is 0 Å². The van der Waals surface area contributed by atoms with Gasteiger partial charge >= 0.3 is 12.0 Å². The van der Waals surface area contributed by atoms with E-state index < -0.39 is 0 Å². The predicted molar refractivity (Wildman–Crippen MR) is 111 cm³/mol. The van der Waals surface area contributed by atoms with Gasteiger partial charge in [0.2, 0.25) is 0 Å². The normalized spacial score (nSPS) is 17.2. The fraction of sp³-hybridized carbons (Fsp3) is 0.636. The van der Waals surface area contributed by atoms with Gasteiger partial charge in [0.1, 0.15) is 0 Å². The van der Waals surface area contributed by atoms with Crippen molar-refractivity contribution in [3.8, 4) is 0 Å². The molecule has 156 valence electrons. The van der Waals surface area contributed by atoms with Crippen LogP contribution in [0.1, 0.15) is 37.3 Å². The lowest BCUT2D eigenvalue weighted by molar-refractivity contribution is -0.142. The Morgan fingerprint density at radius 1 is 1.32 bits per heavy atom. The molecule has 6 nitrogen and oxygen atoms in total. The van der Waals surface area contributed by atoms with Crippen LogP contribution >= 0.6 is 0 Å². The molecule has 0 unspecified atom stereocenters. The van der Waals surface area contributed by atoms with Gasteiger partial charge in [-0.3, -0.25) is 4.79 Å². The molecule has 1 N–H and O–H groups in total. The Bertz CT molecular complexity index is 635. The Kier molecular flexibility index (Phi) is 9.28. The first-order valence-corrected chi connectivity index (χ1v) is 10.4. The molecular weight excluding hydrogens is 354 g/mol. The number of ether oxygens (including phenoxy) is 1. The number of carbonyl (C=O) groups excluding carboxylic acids is 2. The van der Waals surface area contributed by atoms with E-state index in [4.69, 9.17) is 4.74 Å². The first kappa shape index (κ1) is 22.2. The molecule has 0 aromatic heterocycles. The number of hydrogen-bond acceptors (Lipinski definition) is 4. The Labute approximate surface area is 169 Å². The zero-order valence-corrected chi connectivity index (χ0v) is 17.6. The number of likely N-dealkylation sites (tertiary alicyclic amines) is 1. The highest BCUT2D eigenvalue weighted by molar-refractivity contribution is 5.75. The minimum Gasteiger partial charge on any atom is -0.466 e. The molecule has 0 saturated carbocycles. The second-order valence-electron chi connectivity index (χ2n) is 7.65. The molecule has 0 spiro atoms. The van der Waals surface area contributed by atoms with Crippen LogP contribution in [0.2, 0.25) is 0 Å². The van der Waals surface area contributed by atoms with Crippen molar-refractivity contribution in [3.05, 3.63) is 35.4 Å². The van der Waals surface area contributed by atoms with Crippen molar-refractivity contribution < 1.29 is 14.3 Å². The summed E-state index contributed by atoms with van der Waals surface area (Å²) in [5.74, 6) is 0.216. The molecule has 2 amide bonds. The number of urea groups is 1. The Balaban J connectivity index is 1.70. The van der Waals surface area contributed by atoms with Crippen molar-refractivity contribution in [3.63, 3.8) is 0 Å². The maximum atomic E-state index is 12.2.